The minimum atomic E-state index is -0.447. The van der Waals surface area contributed by atoms with E-state index in [2.05, 4.69) is 0 Å². The molecule has 2 N–H and O–H groups in total. The predicted octanol–water partition coefficient (Wildman–Crippen LogP) is 2.07. The van der Waals surface area contributed by atoms with E-state index in [1.807, 2.05) is 17.0 Å². The average molecular weight is 344 g/mol. The minimum absolute atomic E-state index is 0.00393. The summed E-state index contributed by atoms with van der Waals surface area (Å²) in [6, 6.07) is 5.47. The van der Waals surface area contributed by atoms with Crippen molar-refractivity contribution in [3.63, 3.8) is 0 Å². The molecule has 1 atom stereocenters. The number of halogens is 2. The average Bonchev–Trinajstić information content (AvgIpc) is 2.90. The molecule has 1 fully saturated rings. The van der Waals surface area contributed by atoms with Crippen molar-refractivity contribution in [2.45, 2.75) is 18.9 Å². The normalized spacial score (nSPS) is 18.0. The van der Waals surface area contributed by atoms with Crippen LogP contribution in [-0.2, 0) is 9.59 Å². The number of benzene rings is 1. The number of rotatable bonds is 5. The number of hydrogen-bond donors (Lipinski definition) is 1. The highest BCUT2D eigenvalue weighted by Gasteiger charge is 2.30. The lowest BCUT2D eigenvalue weighted by atomic mass is 10.0. The van der Waals surface area contributed by atoms with Crippen molar-refractivity contribution in [2.24, 2.45) is 5.73 Å². The fourth-order valence-corrected chi connectivity index (χ4v) is 3.08. The zero-order valence-electron chi connectivity index (χ0n) is 12.4. The summed E-state index contributed by atoms with van der Waals surface area (Å²) in [6.45, 7) is 0.936. The summed E-state index contributed by atoms with van der Waals surface area (Å²) in [6.07, 6.45) is 1.83. The predicted molar refractivity (Wildman–Crippen MR) is 86.8 cm³/mol. The van der Waals surface area contributed by atoms with Gasteiger partial charge in [0, 0.05) is 6.54 Å². The van der Waals surface area contributed by atoms with E-state index < -0.39 is 5.91 Å². The molecule has 0 aliphatic carbocycles. The van der Waals surface area contributed by atoms with E-state index in [-0.39, 0.29) is 25.0 Å². The van der Waals surface area contributed by atoms with Gasteiger partial charge in [-0.25, -0.2) is 0 Å². The largest absolute Gasteiger partial charge is 0.369 e. The first-order valence-electron chi connectivity index (χ1n) is 7.09. The van der Waals surface area contributed by atoms with Crippen molar-refractivity contribution in [1.82, 2.24) is 9.80 Å². The zero-order valence-corrected chi connectivity index (χ0v) is 13.9. The fourth-order valence-electron chi connectivity index (χ4n) is 2.78. The lowest BCUT2D eigenvalue weighted by Crippen LogP contribution is -2.41. The molecule has 0 bridgehead atoms. The summed E-state index contributed by atoms with van der Waals surface area (Å²) in [5.74, 6) is -0.463. The molecule has 2 rings (SSSR count). The molecular formula is C15H19Cl2N3O2. The Morgan fingerprint density at radius 2 is 2.05 bits per heavy atom. The molecule has 1 heterocycles. The van der Waals surface area contributed by atoms with E-state index in [9.17, 15) is 9.59 Å². The van der Waals surface area contributed by atoms with Crippen LogP contribution in [0.15, 0.2) is 18.2 Å². The third kappa shape index (κ3) is 4.12. The Hall–Kier alpha value is -1.30. The van der Waals surface area contributed by atoms with Crippen molar-refractivity contribution in [3.05, 3.63) is 33.8 Å². The lowest BCUT2D eigenvalue weighted by Gasteiger charge is -2.27. The molecule has 0 aromatic heterocycles. The first-order chi connectivity index (χ1) is 10.4. The van der Waals surface area contributed by atoms with Gasteiger partial charge in [-0.1, -0.05) is 29.3 Å². The quantitative estimate of drug-likeness (QED) is 0.889. The summed E-state index contributed by atoms with van der Waals surface area (Å²) in [5, 5.41) is 0.992. The molecule has 1 aromatic rings. The van der Waals surface area contributed by atoms with Gasteiger partial charge < -0.3 is 10.6 Å². The maximum atomic E-state index is 12.4. The van der Waals surface area contributed by atoms with Crippen LogP contribution in [0.1, 0.15) is 24.4 Å². The first kappa shape index (κ1) is 17.1. The van der Waals surface area contributed by atoms with Gasteiger partial charge in [0.25, 0.3) is 0 Å². The number of likely N-dealkylation sites (N-methyl/N-ethyl adjacent to an activating group) is 1. The Labute approximate surface area is 139 Å². The summed E-state index contributed by atoms with van der Waals surface area (Å²) < 4.78 is 0. The van der Waals surface area contributed by atoms with E-state index in [1.54, 1.807) is 18.0 Å². The third-order valence-corrected chi connectivity index (χ3v) is 4.47. The second-order valence-corrected chi connectivity index (χ2v) is 6.37. The van der Waals surface area contributed by atoms with E-state index in [4.69, 9.17) is 28.9 Å². The van der Waals surface area contributed by atoms with Crippen LogP contribution in [0.3, 0.4) is 0 Å². The van der Waals surface area contributed by atoms with Crippen LogP contribution in [0.25, 0.3) is 0 Å². The highest BCUT2D eigenvalue weighted by atomic mass is 35.5. The summed E-state index contributed by atoms with van der Waals surface area (Å²) >= 11 is 12.0. The van der Waals surface area contributed by atoms with Crippen LogP contribution >= 0.6 is 23.2 Å². The number of carbonyl (C=O) groups is 2. The summed E-state index contributed by atoms with van der Waals surface area (Å²) in [7, 11) is 1.70. The molecule has 1 aromatic carbocycles. The van der Waals surface area contributed by atoms with Crippen LogP contribution in [0.2, 0.25) is 10.0 Å². The maximum absolute atomic E-state index is 12.4. The number of hydrogen-bond acceptors (Lipinski definition) is 3. The standard InChI is InChI=1S/C15H19Cl2N3O2/c1-19(8-14(18)21)9-15(22)20-6-2-3-13(20)10-4-5-11(16)12(17)7-10/h4-5,7,13H,2-3,6,8-9H2,1H3,(H2,18,21)/t13-/m1/s1. The Bertz CT molecular complexity index is 580. The van der Waals surface area contributed by atoms with Crippen LogP contribution in [-0.4, -0.2) is 48.3 Å². The first-order valence-corrected chi connectivity index (χ1v) is 7.85. The second-order valence-electron chi connectivity index (χ2n) is 5.56. The second kappa shape index (κ2) is 7.31. The number of carbonyl (C=O) groups excluding carboxylic acids is 2. The zero-order chi connectivity index (χ0) is 16.3. The Morgan fingerprint density at radius 3 is 2.68 bits per heavy atom. The lowest BCUT2D eigenvalue weighted by molar-refractivity contribution is -0.133. The topological polar surface area (TPSA) is 66.6 Å². The van der Waals surface area contributed by atoms with Crippen molar-refractivity contribution in [2.75, 3.05) is 26.7 Å². The Kier molecular flexibility index (Phi) is 5.67. The van der Waals surface area contributed by atoms with Gasteiger partial charge in [0.15, 0.2) is 0 Å². The van der Waals surface area contributed by atoms with Gasteiger partial charge in [-0.2, -0.15) is 0 Å². The van der Waals surface area contributed by atoms with Gasteiger partial charge in [-0.15, -0.1) is 0 Å². The van der Waals surface area contributed by atoms with Gasteiger partial charge in [-0.3, -0.25) is 14.5 Å². The number of likely N-dealkylation sites (tertiary alicyclic amines) is 1. The number of amides is 2. The Balaban J connectivity index is 2.08. The maximum Gasteiger partial charge on any atom is 0.237 e. The number of nitrogens with two attached hydrogens (primary N) is 1. The summed E-state index contributed by atoms with van der Waals surface area (Å²) in [5.41, 5.74) is 6.12. The molecule has 22 heavy (non-hydrogen) atoms. The van der Waals surface area contributed by atoms with E-state index >= 15 is 0 Å². The molecule has 1 saturated heterocycles. The fraction of sp³-hybridized carbons (Fsp3) is 0.467. The van der Waals surface area contributed by atoms with Crippen molar-refractivity contribution in [3.8, 4) is 0 Å². The number of nitrogens with zero attached hydrogens (tertiary/aromatic N) is 2. The van der Waals surface area contributed by atoms with Crippen LogP contribution in [0.4, 0.5) is 0 Å². The number of primary amides is 1. The molecule has 0 radical (unpaired) electrons. The van der Waals surface area contributed by atoms with E-state index in [0.29, 0.717) is 16.6 Å². The van der Waals surface area contributed by atoms with Crippen molar-refractivity contribution < 1.29 is 9.59 Å². The highest BCUT2D eigenvalue weighted by molar-refractivity contribution is 6.42. The molecule has 5 nitrogen and oxygen atoms in total. The third-order valence-electron chi connectivity index (χ3n) is 3.73. The van der Waals surface area contributed by atoms with Gasteiger partial charge in [0.05, 0.1) is 29.2 Å². The molecule has 0 unspecified atom stereocenters. The van der Waals surface area contributed by atoms with Gasteiger partial charge in [-0.05, 0) is 37.6 Å². The summed E-state index contributed by atoms with van der Waals surface area (Å²) in [4.78, 5) is 26.8. The van der Waals surface area contributed by atoms with Crippen LogP contribution < -0.4 is 5.73 Å². The van der Waals surface area contributed by atoms with Gasteiger partial charge in [0.1, 0.15) is 0 Å². The minimum Gasteiger partial charge on any atom is -0.369 e. The molecule has 0 saturated carbocycles. The van der Waals surface area contributed by atoms with Crippen molar-refractivity contribution in [1.29, 1.82) is 0 Å². The molecule has 0 spiro atoms. The molecule has 2 amide bonds. The van der Waals surface area contributed by atoms with Crippen LogP contribution in [0, 0.1) is 0 Å². The van der Waals surface area contributed by atoms with Crippen molar-refractivity contribution >= 4 is 35.0 Å². The molecule has 1 aliphatic rings. The monoisotopic (exact) mass is 343 g/mol. The van der Waals surface area contributed by atoms with Gasteiger partial charge in [0.2, 0.25) is 11.8 Å². The SMILES string of the molecule is CN(CC(N)=O)CC(=O)N1CCC[C@@H]1c1ccc(Cl)c(Cl)c1. The van der Waals surface area contributed by atoms with Gasteiger partial charge >= 0.3 is 0 Å². The van der Waals surface area contributed by atoms with E-state index in [0.717, 1.165) is 18.4 Å². The molecular weight excluding hydrogens is 325 g/mol. The van der Waals surface area contributed by atoms with E-state index in [1.165, 1.54) is 0 Å². The molecule has 7 heteroatoms. The molecule has 1 aliphatic heterocycles. The molecule has 120 valence electrons. The van der Waals surface area contributed by atoms with Crippen LogP contribution in [0.5, 0.6) is 0 Å². The smallest absolute Gasteiger partial charge is 0.237 e. The highest BCUT2D eigenvalue weighted by Crippen LogP contribution is 2.34. The Morgan fingerprint density at radius 1 is 1.32 bits per heavy atom.